The summed E-state index contributed by atoms with van der Waals surface area (Å²) in [5.41, 5.74) is 3.63. The van der Waals surface area contributed by atoms with Crippen LogP contribution in [-0.4, -0.2) is 63.7 Å². The molecular weight excluding hydrogens is 464 g/mol. The summed E-state index contributed by atoms with van der Waals surface area (Å²) >= 11 is 0. The Morgan fingerprint density at radius 2 is 2.03 bits per heavy atom. The molecule has 37 heavy (non-hydrogen) atoms. The van der Waals surface area contributed by atoms with E-state index in [-0.39, 0.29) is 23.5 Å². The largest absolute Gasteiger partial charge is 0.491 e. The van der Waals surface area contributed by atoms with Crippen molar-refractivity contribution in [2.75, 3.05) is 26.4 Å². The second-order valence-corrected chi connectivity index (χ2v) is 10.9. The quantitative estimate of drug-likeness (QED) is 0.510. The predicted molar refractivity (Wildman–Crippen MR) is 144 cm³/mol. The van der Waals surface area contributed by atoms with E-state index in [4.69, 9.17) is 14.5 Å². The Kier molecular flexibility index (Phi) is 7.36. The molecule has 0 bridgehead atoms. The molecule has 3 aromatic rings. The first kappa shape index (κ1) is 25.5. The summed E-state index contributed by atoms with van der Waals surface area (Å²) < 4.78 is 12.4. The van der Waals surface area contributed by atoms with Crippen LogP contribution in [0.1, 0.15) is 65.6 Å². The van der Waals surface area contributed by atoms with Gasteiger partial charge in [-0.3, -0.25) is 9.69 Å². The van der Waals surface area contributed by atoms with Gasteiger partial charge in [-0.2, -0.15) is 0 Å². The molecule has 5 rings (SSSR count). The minimum atomic E-state index is -0.306. The molecule has 0 radical (unpaired) electrons. The number of hydrogen-bond acceptors (Lipinski definition) is 5. The summed E-state index contributed by atoms with van der Waals surface area (Å²) in [6, 6.07) is 16.3. The fourth-order valence-electron chi connectivity index (χ4n) is 5.64. The van der Waals surface area contributed by atoms with Crippen LogP contribution in [0.25, 0.3) is 0 Å². The molecule has 2 atom stereocenters. The number of aryl methyl sites for hydroxylation is 2. The van der Waals surface area contributed by atoms with Crippen molar-refractivity contribution < 1.29 is 14.3 Å². The lowest BCUT2D eigenvalue weighted by atomic mass is 9.81. The van der Waals surface area contributed by atoms with Crippen molar-refractivity contribution in [3.63, 3.8) is 0 Å². The third kappa shape index (κ3) is 5.89. The number of benzene rings is 2. The lowest BCUT2D eigenvalue weighted by Gasteiger charge is -2.49. The van der Waals surface area contributed by atoms with Crippen molar-refractivity contribution in [3.8, 4) is 5.75 Å². The fraction of sp³-hybridized carbons (Fsp3) is 0.467. The summed E-state index contributed by atoms with van der Waals surface area (Å²) in [6.07, 6.45) is 3.76. The molecule has 0 aliphatic carbocycles. The monoisotopic (exact) mass is 502 g/mol. The minimum Gasteiger partial charge on any atom is -0.491 e. The molecule has 2 aliphatic heterocycles. The summed E-state index contributed by atoms with van der Waals surface area (Å²) in [6.45, 7) is 11.6. The number of piperidine rings is 1. The molecule has 3 heterocycles. The highest BCUT2D eigenvalue weighted by Gasteiger charge is 2.45. The zero-order valence-corrected chi connectivity index (χ0v) is 22.4. The van der Waals surface area contributed by atoms with Gasteiger partial charge in [0.05, 0.1) is 17.4 Å². The third-order valence-electron chi connectivity index (χ3n) is 7.41. The normalized spacial score (nSPS) is 22.5. The van der Waals surface area contributed by atoms with Crippen LogP contribution in [0.2, 0.25) is 0 Å². The van der Waals surface area contributed by atoms with Crippen molar-refractivity contribution in [1.82, 2.24) is 19.8 Å². The SMILES string of the molecule is Cc1c[nH]c(C2CN(Cc3ccccc3)CC3(CCN(C(=O)c4ccc(OC(C)C)c(C)c4)CO3)C2)n1. The standard InChI is InChI=1S/C30H38N4O3/c1-21(2)37-27-11-10-25(14-22(27)3)29(35)34-13-12-30(36-20-34)15-26(28-31-16-23(4)32-28)18-33(19-30)17-24-8-6-5-7-9-24/h5-11,14,16,21,26H,12-13,15,17-20H2,1-4H3,(H,31,32). The summed E-state index contributed by atoms with van der Waals surface area (Å²) in [4.78, 5) is 25.8. The lowest BCUT2D eigenvalue weighted by molar-refractivity contribution is -0.158. The molecule has 2 aromatic carbocycles. The second-order valence-electron chi connectivity index (χ2n) is 10.9. The number of rotatable bonds is 6. The number of amides is 1. The topological polar surface area (TPSA) is 70.7 Å². The number of ether oxygens (including phenoxy) is 2. The van der Waals surface area contributed by atoms with E-state index >= 15 is 0 Å². The Morgan fingerprint density at radius 1 is 1.22 bits per heavy atom. The molecule has 7 nitrogen and oxygen atoms in total. The van der Waals surface area contributed by atoms with Gasteiger partial charge in [0, 0.05) is 43.9 Å². The fourth-order valence-corrected chi connectivity index (χ4v) is 5.64. The predicted octanol–water partition coefficient (Wildman–Crippen LogP) is 5.06. The number of imidazole rings is 1. The second kappa shape index (κ2) is 10.7. The zero-order valence-electron chi connectivity index (χ0n) is 22.4. The van der Waals surface area contributed by atoms with Crippen LogP contribution >= 0.6 is 0 Å². The molecule has 196 valence electrons. The maximum atomic E-state index is 13.3. The van der Waals surface area contributed by atoms with Crippen LogP contribution in [0.5, 0.6) is 5.75 Å². The number of H-pyrrole nitrogens is 1. The van der Waals surface area contributed by atoms with Gasteiger partial charge < -0.3 is 19.4 Å². The number of likely N-dealkylation sites (tertiary alicyclic amines) is 1. The molecule has 1 N–H and O–H groups in total. The van der Waals surface area contributed by atoms with Crippen LogP contribution in [0, 0.1) is 13.8 Å². The van der Waals surface area contributed by atoms with Gasteiger partial charge in [-0.1, -0.05) is 30.3 Å². The van der Waals surface area contributed by atoms with Crippen molar-refractivity contribution in [2.24, 2.45) is 0 Å². The number of carbonyl (C=O) groups is 1. The smallest absolute Gasteiger partial charge is 0.255 e. The molecule has 7 heteroatoms. The number of nitrogens with zero attached hydrogens (tertiary/aromatic N) is 3. The number of nitrogens with one attached hydrogen (secondary N) is 1. The van der Waals surface area contributed by atoms with Crippen molar-refractivity contribution in [2.45, 2.75) is 64.7 Å². The van der Waals surface area contributed by atoms with E-state index in [1.807, 2.05) is 57.0 Å². The molecule has 1 amide bonds. The molecule has 2 saturated heterocycles. The Bertz CT molecular complexity index is 1210. The van der Waals surface area contributed by atoms with E-state index in [1.54, 1.807) is 0 Å². The van der Waals surface area contributed by atoms with Crippen LogP contribution in [0.15, 0.2) is 54.7 Å². The van der Waals surface area contributed by atoms with Crippen molar-refractivity contribution in [1.29, 1.82) is 0 Å². The molecule has 0 saturated carbocycles. The highest BCUT2D eigenvalue weighted by atomic mass is 16.5. The van der Waals surface area contributed by atoms with Gasteiger partial charge in [-0.25, -0.2) is 4.98 Å². The highest BCUT2D eigenvalue weighted by Crippen LogP contribution is 2.39. The lowest BCUT2D eigenvalue weighted by Crippen LogP contribution is -2.58. The van der Waals surface area contributed by atoms with Crippen LogP contribution in [-0.2, 0) is 11.3 Å². The number of aromatic nitrogens is 2. The zero-order chi connectivity index (χ0) is 26.0. The van der Waals surface area contributed by atoms with Crippen LogP contribution < -0.4 is 4.74 Å². The molecular formula is C30H38N4O3. The van der Waals surface area contributed by atoms with E-state index in [0.29, 0.717) is 18.8 Å². The van der Waals surface area contributed by atoms with E-state index in [2.05, 4.69) is 40.2 Å². The van der Waals surface area contributed by atoms with Gasteiger partial charge in [0.15, 0.2) is 0 Å². The first-order chi connectivity index (χ1) is 17.8. The first-order valence-electron chi connectivity index (χ1n) is 13.3. The highest BCUT2D eigenvalue weighted by molar-refractivity contribution is 5.94. The minimum absolute atomic E-state index is 0.00390. The number of aromatic amines is 1. The van der Waals surface area contributed by atoms with Gasteiger partial charge in [0.1, 0.15) is 18.3 Å². The van der Waals surface area contributed by atoms with Gasteiger partial charge in [0.25, 0.3) is 5.91 Å². The molecule has 1 spiro atoms. The Morgan fingerprint density at radius 3 is 2.68 bits per heavy atom. The average Bonchev–Trinajstić information content (AvgIpc) is 3.32. The Labute approximate surface area is 219 Å². The van der Waals surface area contributed by atoms with Gasteiger partial charge in [-0.05, 0) is 69.9 Å². The first-order valence-corrected chi connectivity index (χ1v) is 13.3. The summed E-state index contributed by atoms with van der Waals surface area (Å²) in [5.74, 6) is 2.10. The third-order valence-corrected chi connectivity index (χ3v) is 7.41. The molecule has 2 unspecified atom stereocenters. The van der Waals surface area contributed by atoms with E-state index in [0.717, 1.165) is 55.3 Å². The van der Waals surface area contributed by atoms with E-state index in [1.165, 1.54) is 5.56 Å². The Hall–Kier alpha value is -3.16. The number of carbonyl (C=O) groups excluding carboxylic acids is 1. The molecule has 2 aliphatic rings. The summed E-state index contributed by atoms with van der Waals surface area (Å²) in [5, 5.41) is 0. The molecule has 1 aromatic heterocycles. The van der Waals surface area contributed by atoms with Crippen molar-refractivity contribution >= 4 is 5.91 Å². The van der Waals surface area contributed by atoms with Gasteiger partial charge in [-0.15, -0.1) is 0 Å². The van der Waals surface area contributed by atoms with Crippen LogP contribution in [0.4, 0.5) is 0 Å². The average molecular weight is 503 g/mol. The van der Waals surface area contributed by atoms with Gasteiger partial charge >= 0.3 is 0 Å². The summed E-state index contributed by atoms with van der Waals surface area (Å²) in [7, 11) is 0. The number of hydrogen-bond donors (Lipinski definition) is 1. The van der Waals surface area contributed by atoms with E-state index < -0.39 is 0 Å². The Balaban J connectivity index is 1.29. The van der Waals surface area contributed by atoms with Crippen LogP contribution in [0.3, 0.4) is 0 Å². The van der Waals surface area contributed by atoms with E-state index in [9.17, 15) is 4.79 Å². The maximum absolute atomic E-state index is 13.3. The van der Waals surface area contributed by atoms with Gasteiger partial charge in [0.2, 0.25) is 0 Å². The molecule has 2 fully saturated rings. The maximum Gasteiger partial charge on any atom is 0.255 e. The van der Waals surface area contributed by atoms with Crippen molar-refractivity contribution in [3.05, 3.63) is 82.9 Å².